The molecule has 0 atom stereocenters. The van der Waals surface area contributed by atoms with Gasteiger partial charge in [0.25, 0.3) is 0 Å². The molecule has 0 nitrogen and oxygen atoms in total. The lowest BCUT2D eigenvalue weighted by molar-refractivity contribution is 0.196. The van der Waals surface area contributed by atoms with Crippen LogP contribution in [0.15, 0.2) is 122 Å². The van der Waals surface area contributed by atoms with E-state index in [1.807, 2.05) is 0 Å². The minimum absolute atomic E-state index is 0.543. The molecule has 0 amide bonds. The van der Waals surface area contributed by atoms with E-state index in [4.69, 9.17) is 0 Å². The quantitative estimate of drug-likeness (QED) is 0.485. The molecule has 0 spiro atoms. The average molecular weight is 391 g/mol. The van der Waals surface area contributed by atoms with Gasteiger partial charge in [-0.05, 0) is 59.2 Å². The Kier molecular flexibility index (Phi) is 4.60. The van der Waals surface area contributed by atoms with E-state index in [1.54, 1.807) is 0 Å². The summed E-state index contributed by atoms with van der Waals surface area (Å²) in [5, 5.41) is 0. The largest absolute Gasteiger partial charge is 0.0773 e. The van der Waals surface area contributed by atoms with Gasteiger partial charge in [0.1, 0.15) is 0 Å². The van der Waals surface area contributed by atoms with E-state index in [-0.39, 0.29) is 0 Å². The van der Waals surface area contributed by atoms with E-state index in [9.17, 15) is 0 Å². The summed E-state index contributed by atoms with van der Waals surface area (Å²) >= 11 is 0. The van der Waals surface area contributed by atoms with E-state index in [2.05, 4.69) is 122 Å². The van der Waals surface area contributed by atoms with Crippen molar-refractivity contribution < 1.29 is 0 Å². The maximum atomic E-state index is 2.47. The SMILES string of the molecule is C1=CC(C2C(C3C=CC=C3)C(C3C=CC=C3)C(C3C=CC=C3)C2C2C=CC=C2)C=C1. The van der Waals surface area contributed by atoms with Crippen molar-refractivity contribution in [3.05, 3.63) is 122 Å². The molecule has 0 heterocycles. The Balaban J connectivity index is 1.52. The molecule has 150 valence electrons. The Morgan fingerprint density at radius 1 is 0.200 bits per heavy atom. The number of hydrogen-bond acceptors (Lipinski definition) is 0. The van der Waals surface area contributed by atoms with E-state index >= 15 is 0 Å². The number of rotatable bonds is 5. The molecule has 6 aliphatic carbocycles. The van der Waals surface area contributed by atoms with Gasteiger partial charge in [0, 0.05) is 0 Å². The predicted octanol–water partition coefficient (Wildman–Crippen LogP) is 6.79. The average Bonchev–Trinajstić information content (AvgIpc) is 3.61. The van der Waals surface area contributed by atoms with Crippen LogP contribution in [0.4, 0.5) is 0 Å². The lowest BCUT2D eigenvalue weighted by Crippen LogP contribution is -2.31. The van der Waals surface area contributed by atoms with Crippen LogP contribution in [-0.2, 0) is 0 Å². The second kappa shape index (κ2) is 7.58. The van der Waals surface area contributed by atoms with Gasteiger partial charge >= 0.3 is 0 Å². The first-order valence-electron chi connectivity index (χ1n) is 11.7. The van der Waals surface area contributed by atoms with Gasteiger partial charge in [-0.2, -0.15) is 0 Å². The van der Waals surface area contributed by atoms with Crippen molar-refractivity contribution in [3.63, 3.8) is 0 Å². The summed E-state index contributed by atoms with van der Waals surface area (Å²) in [5.74, 6) is 5.95. The predicted molar refractivity (Wildman–Crippen MR) is 126 cm³/mol. The molecule has 0 saturated heterocycles. The third-order valence-electron chi connectivity index (χ3n) is 8.33. The van der Waals surface area contributed by atoms with Crippen molar-refractivity contribution >= 4 is 0 Å². The molecule has 0 aromatic rings. The first-order valence-corrected chi connectivity index (χ1v) is 11.7. The fraction of sp³-hybridized carbons (Fsp3) is 0.333. The molecule has 0 N–H and O–H groups in total. The lowest BCUT2D eigenvalue weighted by atomic mass is 9.68. The Hall–Kier alpha value is -2.60. The molecular weight excluding hydrogens is 360 g/mol. The Labute approximate surface area is 180 Å². The van der Waals surface area contributed by atoms with Crippen LogP contribution < -0.4 is 0 Å². The molecule has 1 saturated carbocycles. The second-order valence-electron chi connectivity index (χ2n) is 9.62. The maximum Gasteiger partial charge on any atom is -0.00128 e. The molecule has 0 aromatic carbocycles. The van der Waals surface area contributed by atoms with Crippen LogP contribution in [0.25, 0.3) is 0 Å². The Bertz CT molecular complexity index is 716. The van der Waals surface area contributed by atoms with Crippen LogP contribution in [0, 0.1) is 59.2 Å². The summed E-state index contributed by atoms with van der Waals surface area (Å²) in [6.07, 6.45) is 47.4. The van der Waals surface area contributed by atoms with Crippen molar-refractivity contribution in [1.29, 1.82) is 0 Å². The molecule has 0 aromatic heterocycles. The highest BCUT2D eigenvalue weighted by Crippen LogP contribution is 2.62. The summed E-state index contributed by atoms with van der Waals surface area (Å²) in [7, 11) is 0. The lowest BCUT2D eigenvalue weighted by Gasteiger charge is -2.35. The van der Waals surface area contributed by atoms with Crippen molar-refractivity contribution in [1.82, 2.24) is 0 Å². The highest BCUT2D eigenvalue weighted by Gasteiger charge is 2.58. The summed E-state index contributed by atoms with van der Waals surface area (Å²) in [5.41, 5.74) is 0. The molecule has 0 bridgehead atoms. The Morgan fingerprint density at radius 3 is 0.467 bits per heavy atom. The molecule has 0 unspecified atom stereocenters. The fourth-order valence-electron chi connectivity index (χ4n) is 7.38. The van der Waals surface area contributed by atoms with E-state index in [1.165, 1.54) is 0 Å². The molecule has 6 rings (SSSR count). The zero-order valence-electron chi connectivity index (χ0n) is 17.3. The summed E-state index contributed by atoms with van der Waals surface area (Å²) in [4.78, 5) is 0. The molecule has 6 aliphatic rings. The van der Waals surface area contributed by atoms with Crippen molar-refractivity contribution in [2.45, 2.75) is 0 Å². The van der Waals surface area contributed by atoms with Crippen LogP contribution in [-0.4, -0.2) is 0 Å². The van der Waals surface area contributed by atoms with Gasteiger partial charge in [-0.25, -0.2) is 0 Å². The molecule has 1 fully saturated rings. The third-order valence-corrected chi connectivity index (χ3v) is 8.33. The van der Waals surface area contributed by atoms with Crippen LogP contribution in [0.3, 0.4) is 0 Å². The zero-order valence-corrected chi connectivity index (χ0v) is 17.3. The van der Waals surface area contributed by atoms with Gasteiger partial charge in [-0.3, -0.25) is 0 Å². The molecule has 0 aliphatic heterocycles. The smallest absolute Gasteiger partial charge is 0.00128 e. The summed E-state index contributed by atoms with van der Waals surface area (Å²) < 4.78 is 0. The first kappa shape index (κ1) is 18.2. The highest BCUT2D eigenvalue weighted by atomic mass is 14.6. The van der Waals surface area contributed by atoms with Gasteiger partial charge in [0.15, 0.2) is 0 Å². The highest BCUT2D eigenvalue weighted by molar-refractivity contribution is 5.33. The van der Waals surface area contributed by atoms with Crippen LogP contribution in [0.1, 0.15) is 0 Å². The fourth-order valence-corrected chi connectivity index (χ4v) is 7.38. The van der Waals surface area contributed by atoms with Gasteiger partial charge < -0.3 is 0 Å². The maximum absolute atomic E-state index is 2.47. The first-order chi connectivity index (χ1) is 14.9. The number of hydrogen-bond donors (Lipinski definition) is 0. The molecule has 0 heteroatoms. The van der Waals surface area contributed by atoms with E-state index in [0.29, 0.717) is 59.2 Å². The monoisotopic (exact) mass is 390 g/mol. The number of allylic oxidation sites excluding steroid dienone is 20. The van der Waals surface area contributed by atoms with Gasteiger partial charge in [-0.15, -0.1) is 0 Å². The normalized spacial score (nSPS) is 37.7. The zero-order chi connectivity index (χ0) is 19.9. The molecule has 0 radical (unpaired) electrons. The standard InChI is InChI=1S/C30H30/c1-2-12-21(11-1)26-27(22-13-3-4-14-22)29(24-17-7-8-18-24)30(25-19-9-10-20-25)28(26)23-15-5-6-16-23/h1-30H. The minimum Gasteiger partial charge on any atom is -0.0773 e. The van der Waals surface area contributed by atoms with Crippen molar-refractivity contribution in [2.24, 2.45) is 59.2 Å². The van der Waals surface area contributed by atoms with Crippen LogP contribution >= 0.6 is 0 Å². The Morgan fingerprint density at radius 2 is 0.333 bits per heavy atom. The third kappa shape index (κ3) is 2.88. The van der Waals surface area contributed by atoms with Crippen molar-refractivity contribution in [3.8, 4) is 0 Å². The van der Waals surface area contributed by atoms with Gasteiger partial charge in [0.05, 0.1) is 0 Å². The second-order valence-corrected chi connectivity index (χ2v) is 9.62. The van der Waals surface area contributed by atoms with Gasteiger partial charge in [0.2, 0.25) is 0 Å². The molecular formula is C30H30. The topological polar surface area (TPSA) is 0 Å². The van der Waals surface area contributed by atoms with E-state index in [0.717, 1.165) is 0 Å². The summed E-state index contributed by atoms with van der Waals surface area (Å²) in [6, 6.07) is 0. The molecule has 30 heavy (non-hydrogen) atoms. The minimum atomic E-state index is 0.543. The van der Waals surface area contributed by atoms with Gasteiger partial charge in [-0.1, -0.05) is 122 Å². The van der Waals surface area contributed by atoms with E-state index < -0.39 is 0 Å². The summed E-state index contributed by atoms with van der Waals surface area (Å²) in [6.45, 7) is 0. The van der Waals surface area contributed by atoms with Crippen LogP contribution in [0.2, 0.25) is 0 Å². The van der Waals surface area contributed by atoms with Crippen molar-refractivity contribution in [2.75, 3.05) is 0 Å². The van der Waals surface area contributed by atoms with Crippen LogP contribution in [0.5, 0.6) is 0 Å².